The molecular formula is C14H28N2O3S. The zero-order chi connectivity index (χ0) is 15.2. The van der Waals surface area contributed by atoms with Gasteiger partial charge in [-0.3, -0.25) is 0 Å². The van der Waals surface area contributed by atoms with Gasteiger partial charge in [0.15, 0.2) is 9.84 Å². The van der Waals surface area contributed by atoms with E-state index in [9.17, 15) is 8.42 Å². The number of sulfone groups is 1. The molecule has 2 aliphatic heterocycles. The van der Waals surface area contributed by atoms with Crippen molar-refractivity contribution in [2.75, 3.05) is 38.2 Å². The molecule has 118 valence electrons. The second kappa shape index (κ2) is 5.23. The summed E-state index contributed by atoms with van der Waals surface area (Å²) in [7, 11) is -0.831. The lowest BCUT2D eigenvalue weighted by atomic mass is 9.82. The van der Waals surface area contributed by atoms with Crippen LogP contribution in [0, 0.1) is 5.92 Å². The summed E-state index contributed by atoms with van der Waals surface area (Å²) in [6, 6.07) is 0.274. The Hall–Kier alpha value is -0.170. The molecule has 5 nitrogen and oxygen atoms in total. The predicted molar refractivity (Wildman–Crippen MR) is 80.7 cm³/mol. The Morgan fingerprint density at radius 2 is 1.70 bits per heavy atom. The summed E-state index contributed by atoms with van der Waals surface area (Å²) in [6.07, 6.45) is 0. The highest BCUT2D eigenvalue weighted by molar-refractivity contribution is 7.91. The first kappa shape index (κ1) is 16.2. The third-order valence-electron chi connectivity index (χ3n) is 4.77. The molecule has 0 spiro atoms. The number of likely N-dealkylation sites (N-methyl/N-ethyl adjacent to an activating group) is 1. The van der Waals surface area contributed by atoms with Crippen molar-refractivity contribution in [2.45, 2.75) is 44.9 Å². The minimum Gasteiger partial charge on any atom is -0.368 e. The molecule has 0 amide bonds. The molecule has 0 aromatic rings. The predicted octanol–water partition coefficient (Wildman–Crippen LogP) is 0.508. The van der Waals surface area contributed by atoms with Crippen LogP contribution >= 0.6 is 0 Å². The van der Waals surface area contributed by atoms with Gasteiger partial charge in [-0.15, -0.1) is 0 Å². The second-order valence-electron chi connectivity index (χ2n) is 7.13. The van der Waals surface area contributed by atoms with Gasteiger partial charge in [-0.25, -0.2) is 8.42 Å². The smallest absolute Gasteiger partial charge is 0.152 e. The van der Waals surface area contributed by atoms with Crippen LogP contribution in [0.25, 0.3) is 0 Å². The standard InChI is InChI=1S/C14H28N2O3S/c1-13(2)11(12(15-5)14(3,4)19-13)10-16-6-8-20(17,18)9-7-16/h11-12,15H,6-10H2,1-5H3. The van der Waals surface area contributed by atoms with Gasteiger partial charge in [-0.2, -0.15) is 0 Å². The van der Waals surface area contributed by atoms with E-state index in [0.717, 1.165) is 6.54 Å². The van der Waals surface area contributed by atoms with Crippen molar-refractivity contribution in [3.8, 4) is 0 Å². The number of hydrogen-bond acceptors (Lipinski definition) is 5. The molecule has 2 saturated heterocycles. The Morgan fingerprint density at radius 1 is 1.15 bits per heavy atom. The fraction of sp³-hybridized carbons (Fsp3) is 1.00. The molecule has 0 aromatic carbocycles. The summed E-state index contributed by atoms with van der Waals surface area (Å²) < 4.78 is 29.3. The highest BCUT2D eigenvalue weighted by atomic mass is 32.2. The normalized spacial score (nSPS) is 36.0. The largest absolute Gasteiger partial charge is 0.368 e. The van der Waals surface area contributed by atoms with E-state index >= 15 is 0 Å². The number of ether oxygens (including phenoxy) is 1. The van der Waals surface area contributed by atoms with Crippen molar-refractivity contribution in [3.05, 3.63) is 0 Å². The summed E-state index contributed by atoms with van der Waals surface area (Å²) in [4.78, 5) is 2.27. The Morgan fingerprint density at radius 3 is 2.20 bits per heavy atom. The third-order valence-corrected chi connectivity index (χ3v) is 6.38. The van der Waals surface area contributed by atoms with Crippen molar-refractivity contribution in [2.24, 2.45) is 5.92 Å². The second-order valence-corrected chi connectivity index (χ2v) is 9.44. The van der Waals surface area contributed by atoms with Crippen LogP contribution in [0.2, 0.25) is 0 Å². The molecule has 0 saturated carbocycles. The Balaban J connectivity index is 2.07. The van der Waals surface area contributed by atoms with E-state index in [0.29, 0.717) is 19.0 Å². The van der Waals surface area contributed by atoms with E-state index in [4.69, 9.17) is 4.74 Å². The van der Waals surface area contributed by atoms with Gasteiger partial charge in [0.2, 0.25) is 0 Å². The van der Waals surface area contributed by atoms with Gasteiger partial charge in [0, 0.05) is 31.6 Å². The SMILES string of the molecule is CNC1C(CN2CCS(=O)(=O)CC2)C(C)(C)OC1(C)C. The number of nitrogens with zero attached hydrogens (tertiary/aromatic N) is 1. The lowest BCUT2D eigenvalue weighted by Crippen LogP contribution is -2.52. The Bertz CT molecular complexity index is 445. The molecule has 0 bridgehead atoms. The van der Waals surface area contributed by atoms with Crippen LogP contribution in [-0.4, -0.2) is 68.7 Å². The molecule has 2 fully saturated rings. The summed E-state index contributed by atoms with van der Waals surface area (Å²) in [5, 5.41) is 3.40. The zero-order valence-corrected chi connectivity index (χ0v) is 14.1. The molecule has 20 heavy (non-hydrogen) atoms. The average molecular weight is 304 g/mol. The Kier molecular flexibility index (Phi) is 4.24. The summed E-state index contributed by atoms with van der Waals surface area (Å²) >= 11 is 0. The van der Waals surface area contributed by atoms with Crippen molar-refractivity contribution in [3.63, 3.8) is 0 Å². The maximum absolute atomic E-state index is 11.5. The lowest BCUT2D eigenvalue weighted by Gasteiger charge is -2.35. The fourth-order valence-electron chi connectivity index (χ4n) is 3.79. The molecule has 0 aromatic heterocycles. The van der Waals surface area contributed by atoms with Crippen LogP contribution in [-0.2, 0) is 14.6 Å². The first-order valence-electron chi connectivity index (χ1n) is 7.38. The van der Waals surface area contributed by atoms with Gasteiger partial charge in [0.05, 0.1) is 22.7 Å². The number of nitrogens with one attached hydrogen (secondary N) is 1. The molecule has 2 heterocycles. The number of hydrogen-bond donors (Lipinski definition) is 1. The summed E-state index contributed by atoms with van der Waals surface area (Å²) in [6.45, 7) is 10.7. The van der Waals surface area contributed by atoms with E-state index in [-0.39, 0.29) is 28.7 Å². The van der Waals surface area contributed by atoms with Crippen LogP contribution in [0.4, 0.5) is 0 Å². The van der Waals surface area contributed by atoms with Crippen LogP contribution in [0.5, 0.6) is 0 Å². The maximum atomic E-state index is 11.5. The molecule has 0 aliphatic carbocycles. The van der Waals surface area contributed by atoms with E-state index in [2.05, 4.69) is 37.9 Å². The van der Waals surface area contributed by atoms with Crippen molar-refractivity contribution < 1.29 is 13.2 Å². The van der Waals surface area contributed by atoms with Crippen LogP contribution < -0.4 is 5.32 Å². The van der Waals surface area contributed by atoms with Crippen molar-refractivity contribution in [1.82, 2.24) is 10.2 Å². The molecule has 2 rings (SSSR count). The molecular weight excluding hydrogens is 276 g/mol. The molecule has 1 N–H and O–H groups in total. The molecule has 2 unspecified atom stereocenters. The zero-order valence-electron chi connectivity index (χ0n) is 13.3. The van der Waals surface area contributed by atoms with Gasteiger partial charge in [-0.05, 0) is 34.7 Å². The van der Waals surface area contributed by atoms with Gasteiger partial charge in [0.25, 0.3) is 0 Å². The average Bonchev–Trinajstić information content (AvgIpc) is 2.46. The van der Waals surface area contributed by atoms with Crippen LogP contribution in [0.3, 0.4) is 0 Å². The van der Waals surface area contributed by atoms with Crippen molar-refractivity contribution >= 4 is 9.84 Å². The van der Waals surface area contributed by atoms with Gasteiger partial charge >= 0.3 is 0 Å². The highest BCUT2D eigenvalue weighted by Gasteiger charge is 2.53. The molecule has 2 atom stereocenters. The summed E-state index contributed by atoms with van der Waals surface area (Å²) in [5.41, 5.74) is -0.404. The van der Waals surface area contributed by atoms with Crippen molar-refractivity contribution in [1.29, 1.82) is 0 Å². The Labute approximate surface area is 123 Å². The summed E-state index contributed by atoms with van der Waals surface area (Å²) in [5.74, 6) is 0.923. The minimum atomic E-state index is -2.81. The number of rotatable bonds is 3. The highest BCUT2D eigenvalue weighted by Crippen LogP contribution is 2.42. The fourth-order valence-corrected chi connectivity index (χ4v) is 5.06. The molecule has 0 radical (unpaired) electrons. The minimum absolute atomic E-state index is 0.201. The third kappa shape index (κ3) is 3.18. The molecule has 2 aliphatic rings. The maximum Gasteiger partial charge on any atom is 0.152 e. The monoisotopic (exact) mass is 304 g/mol. The van der Waals surface area contributed by atoms with Gasteiger partial charge < -0.3 is 15.0 Å². The lowest BCUT2D eigenvalue weighted by molar-refractivity contribution is -0.0792. The van der Waals surface area contributed by atoms with E-state index in [1.165, 1.54) is 0 Å². The van der Waals surface area contributed by atoms with E-state index in [1.807, 2.05) is 7.05 Å². The first-order valence-corrected chi connectivity index (χ1v) is 9.20. The van der Waals surface area contributed by atoms with Gasteiger partial charge in [-0.1, -0.05) is 0 Å². The van der Waals surface area contributed by atoms with Crippen LogP contribution in [0.15, 0.2) is 0 Å². The van der Waals surface area contributed by atoms with E-state index in [1.54, 1.807) is 0 Å². The molecule has 6 heteroatoms. The van der Waals surface area contributed by atoms with Crippen LogP contribution in [0.1, 0.15) is 27.7 Å². The van der Waals surface area contributed by atoms with E-state index < -0.39 is 9.84 Å². The topological polar surface area (TPSA) is 58.6 Å². The first-order chi connectivity index (χ1) is 9.07. The quantitative estimate of drug-likeness (QED) is 0.823. The van der Waals surface area contributed by atoms with Gasteiger partial charge in [0.1, 0.15) is 0 Å².